The van der Waals surface area contributed by atoms with Gasteiger partial charge in [-0.15, -0.1) is 0 Å². The van der Waals surface area contributed by atoms with Crippen LogP contribution in [0, 0.1) is 17.6 Å². The van der Waals surface area contributed by atoms with Gasteiger partial charge >= 0.3 is 0 Å². The van der Waals surface area contributed by atoms with Crippen LogP contribution in [0.1, 0.15) is 13.8 Å². The quantitative estimate of drug-likeness (QED) is 0.853. The van der Waals surface area contributed by atoms with Crippen molar-refractivity contribution < 1.29 is 8.78 Å². The smallest absolute Gasteiger partial charge is 0.201 e. The van der Waals surface area contributed by atoms with E-state index >= 15 is 0 Å². The van der Waals surface area contributed by atoms with Crippen LogP contribution in [0.3, 0.4) is 0 Å². The molecule has 0 atom stereocenters. The Bertz CT molecular complexity index is 531. The number of fused-ring (bicyclic) bond motifs is 1. The van der Waals surface area contributed by atoms with Crippen LogP contribution in [-0.2, 0) is 6.54 Å². The number of anilines is 1. The molecule has 0 saturated carbocycles. The lowest BCUT2D eigenvalue weighted by atomic mass is 10.2. The number of benzene rings is 1. The summed E-state index contributed by atoms with van der Waals surface area (Å²) in [5.41, 5.74) is 6.63. The van der Waals surface area contributed by atoms with Crippen LogP contribution in [0.4, 0.5) is 14.7 Å². The number of nitrogens with two attached hydrogens (primary N) is 1. The second kappa shape index (κ2) is 3.73. The fraction of sp³-hybridized carbons (Fsp3) is 0.364. The van der Waals surface area contributed by atoms with Gasteiger partial charge in [-0.1, -0.05) is 13.8 Å². The first kappa shape index (κ1) is 10.9. The third-order valence-corrected chi connectivity index (χ3v) is 2.37. The van der Waals surface area contributed by atoms with E-state index in [4.69, 9.17) is 5.73 Å². The van der Waals surface area contributed by atoms with Crippen molar-refractivity contribution in [1.82, 2.24) is 9.55 Å². The number of aromatic nitrogens is 2. The number of imidazole rings is 1. The highest BCUT2D eigenvalue weighted by molar-refractivity contribution is 5.78. The molecule has 3 nitrogen and oxygen atoms in total. The summed E-state index contributed by atoms with van der Waals surface area (Å²) in [4.78, 5) is 4.00. The summed E-state index contributed by atoms with van der Waals surface area (Å²) in [6.07, 6.45) is 0. The average molecular weight is 225 g/mol. The topological polar surface area (TPSA) is 43.8 Å². The molecular formula is C11H13F2N3. The van der Waals surface area contributed by atoms with Gasteiger partial charge in [0.25, 0.3) is 0 Å². The Labute approximate surface area is 91.9 Å². The van der Waals surface area contributed by atoms with Gasteiger partial charge in [-0.05, 0) is 5.92 Å². The zero-order chi connectivity index (χ0) is 11.9. The number of hydrogen-bond donors (Lipinski definition) is 1. The Morgan fingerprint density at radius 1 is 1.31 bits per heavy atom. The van der Waals surface area contributed by atoms with Crippen LogP contribution >= 0.6 is 0 Å². The fourth-order valence-corrected chi connectivity index (χ4v) is 1.70. The number of nitrogens with zero attached hydrogens (tertiary/aromatic N) is 2. The maximum absolute atomic E-state index is 13.1. The molecule has 0 spiro atoms. The van der Waals surface area contributed by atoms with Crippen LogP contribution in [0.15, 0.2) is 12.1 Å². The van der Waals surface area contributed by atoms with Gasteiger partial charge in [0.15, 0.2) is 11.6 Å². The van der Waals surface area contributed by atoms with Gasteiger partial charge in [-0.2, -0.15) is 0 Å². The second-order valence-corrected chi connectivity index (χ2v) is 4.23. The molecule has 1 aromatic carbocycles. The molecule has 0 radical (unpaired) electrons. The van der Waals surface area contributed by atoms with Gasteiger partial charge in [0, 0.05) is 18.7 Å². The lowest BCUT2D eigenvalue weighted by Crippen LogP contribution is -2.08. The Kier molecular flexibility index (Phi) is 2.53. The third-order valence-electron chi connectivity index (χ3n) is 2.37. The molecule has 16 heavy (non-hydrogen) atoms. The Balaban J connectivity index is 2.64. The minimum Gasteiger partial charge on any atom is -0.369 e. The highest BCUT2D eigenvalue weighted by Gasteiger charge is 2.13. The van der Waals surface area contributed by atoms with Crippen molar-refractivity contribution in [3.63, 3.8) is 0 Å². The monoisotopic (exact) mass is 225 g/mol. The maximum Gasteiger partial charge on any atom is 0.201 e. The van der Waals surface area contributed by atoms with Gasteiger partial charge in [0.1, 0.15) is 0 Å². The lowest BCUT2D eigenvalue weighted by molar-refractivity contribution is 0.508. The molecule has 1 aromatic heterocycles. The summed E-state index contributed by atoms with van der Waals surface area (Å²) >= 11 is 0. The van der Waals surface area contributed by atoms with Gasteiger partial charge < -0.3 is 10.3 Å². The SMILES string of the molecule is CC(C)Cn1c(N)nc2cc(F)c(F)cc21. The largest absolute Gasteiger partial charge is 0.369 e. The molecule has 0 fully saturated rings. The molecule has 0 aliphatic carbocycles. The third kappa shape index (κ3) is 1.73. The second-order valence-electron chi connectivity index (χ2n) is 4.23. The molecule has 0 unspecified atom stereocenters. The van der Waals surface area contributed by atoms with Crippen molar-refractivity contribution in [3.05, 3.63) is 23.8 Å². The number of hydrogen-bond acceptors (Lipinski definition) is 2. The first-order chi connectivity index (χ1) is 7.49. The molecule has 5 heteroatoms. The molecule has 2 rings (SSSR count). The van der Waals surface area contributed by atoms with Crippen LogP contribution < -0.4 is 5.73 Å². The summed E-state index contributed by atoms with van der Waals surface area (Å²) in [7, 11) is 0. The zero-order valence-electron chi connectivity index (χ0n) is 9.17. The maximum atomic E-state index is 13.1. The van der Waals surface area contributed by atoms with Crippen LogP contribution in [0.2, 0.25) is 0 Å². The Morgan fingerprint density at radius 2 is 1.94 bits per heavy atom. The van der Waals surface area contributed by atoms with Gasteiger partial charge in [0.2, 0.25) is 5.95 Å². The Hall–Kier alpha value is -1.65. The summed E-state index contributed by atoms with van der Waals surface area (Å²) < 4.78 is 27.8. The summed E-state index contributed by atoms with van der Waals surface area (Å²) in [6.45, 7) is 4.67. The zero-order valence-corrected chi connectivity index (χ0v) is 9.17. The number of halogens is 2. The van der Waals surface area contributed by atoms with Crippen LogP contribution in [0.5, 0.6) is 0 Å². The van der Waals surface area contributed by atoms with Crippen molar-refractivity contribution >= 4 is 17.0 Å². The molecule has 0 saturated heterocycles. The molecule has 2 N–H and O–H groups in total. The molecular weight excluding hydrogens is 212 g/mol. The minimum atomic E-state index is -0.901. The highest BCUT2D eigenvalue weighted by atomic mass is 19.2. The number of nitrogen functional groups attached to an aromatic ring is 1. The first-order valence-electron chi connectivity index (χ1n) is 5.09. The normalized spacial score (nSPS) is 11.6. The molecule has 0 amide bonds. The number of rotatable bonds is 2. The van der Waals surface area contributed by atoms with E-state index < -0.39 is 11.6 Å². The van der Waals surface area contributed by atoms with Crippen molar-refractivity contribution in [1.29, 1.82) is 0 Å². The minimum absolute atomic E-state index is 0.286. The molecule has 86 valence electrons. The summed E-state index contributed by atoms with van der Waals surface area (Å²) in [6, 6.07) is 2.20. The lowest BCUT2D eigenvalue weighted by Gasteiger charge is -2.08. The average Bonchev–Trinajstić information content (AvgIpc) is 2.45. The fourth-order valence-electron chi connectivity index (χ4n) is 1.70. The van der Waals surface area contributed by atoms with Crippen molar-refractivity contribution in [2.45, 2.75) is 20.4 Å². The van der Waals surface area contributed by atoms with E-state index in [-0.39, 0.29) is 5.95 Å². The van der Waals surface area contributed by atoms with Crippen molar-refractivity contribution in [2.24, 2.45) is 5.92 Å². The summed E-state index contributed by atoms with van der Waals surface area (Å²) in [5.74, 6) is -1.14. The molecule has 1 heterocycles. The molecule has 2 aromatic rings. The standard InChI is InChI=1S/C11H13F2N3/c1-6(2)5-16-10-4-8(13)7(12)3-9(10)15-11(16)14/h3-4,6H,5H2,1-2H3,(H2,14,15). The van der Waals surface area contributed by atoms with E-state index in [2.05, 4.69) is 4.98 Å². The summed E-state index contributed by atoms with van der Waals surface area (Å²) in [5, 5.41) is 0. The molecule has 0 aliphatic heterocycles. The molecule has 0 bridgehead atoms. The van der Waals surface area contributed by atoms with Gasteiger partial charge in [-0.3, -0.25) is 0 Å². The van der Waals surface area contributed by atoms with E-state index in [1.165, 1.54) is 0 Å². The van der Waals surface area contributed by atoms with Crippen molar-refractivity contribution in [2.75, 3.05) is 5.73 Å². The molecule has 0 aliphatic rings. The van der Waals surface area contributed by atoms with E-state index in [1.54, 1.807) is 4.57 Å². The van der Waals surface area contributed by atoms with E-state index in [9.17, 15) is 8.78 Å². The van der Waals surface area contributed by atoms with E-state index in [0.717, 1.165) is 12.1 Å². The van der Waals surface area contributed by atoms with Gasteiger partial charge in [0.05, 0.1) is 11.0 Å². The van der Waals surface area contributed by atoms with E-state index in [1.807, 2.05) is 13.8 Å². The van der Waals surface area contributed by atoms with Crippen LogP contribution in [-0.4, -0.2) is 9.55 Å². The predicted molar refractivity (Wildman–Crippen MR) is 58.9 cm³/mol. The highest BCUT2D eigenvalue weighted by Crippen LogP contribution is 2.22. The Morgan fingerprint density at radius 3 is 2.56 bits per heavy atom. The first-order valence-corrected chi connectivity index (χ1v) is 5.09. The van der Waals surface area contributed by atoms with Gasteiger partial charge in [-0.25, -0.2) is 13.8 Å². The van der Waals surface area contributed by atoms with Crippen molar-refractivity contribution in [3.8, 4) is 0 Å². The van der Waals surface area contributed by atoms with E-state index in [0.29, 0.717) is 23.5 Å². The predicted octanol–water partition coefficient (Wildman–Crippen LogP) is 2.55. The van der Waals surface area contributed by atoms with Crippen LogP contribution in [0.25, 0.3) is 11.0 Å².